The molecular formula is C7H7ClF2N2. The standard InChI is InChI=1S/C7H7ClF2N2/c1-3-2-4-5(7(3,9)10)11-12-6(4)8/h3H,2H2,1H3,(H,11,12)/t3-/m1/s1. The fourth-order valence-electron chi connectivity index (χ4n) is 1.49. The van der Waals surface area contributed by atoms with Crippen LogP contribution in [0.5, 0.6) is 0 Å². The van der Waals surface area contributed by atoms with E-state index in [2.05, 4.69) is 10.2 Å². The summed E-state index contributed by atoms with van der Waals surface area (Å²) in [6.07, 6.45) is 0.303. The fraction of sp³-hybridized carbons (Fsp3) is 0.571. The molecule has 0 aliphatic heterocycles. The van der Waals surface area contributed by atoms with Gasteiger partial charge in [-0.05, 0) is 6.42 Å². The van der Waals surface area contributed by atoms with Crippen molar-refractivity contribution in [3.05, 3.63) is 16.4 Å². The monoisotopic (exact) mass is 192 g/mol. The maximum atomic E-state index is 13.2. The largest absolute Gasteiger partial charge is 0.292 e. The van der Waals surface area contributed by atoms with Gasteiger partial charge >= 0.3 is 0 Å². The maximum absolute atomic E-state index is 13.2. The summed E-state index contributed by atoms with van der Waals surface area (Å²) in [5.74, 6) is -3.48. The molecule has 2 rings (SSSR count). The summed E-state index contributed by atoms with van der Waals surface area (Å²) in [6, 6.07) is 0. The Morgan fingerprint density at radius 3 is 2.92 bits per heavy atom. The Morgan fingerprint density at radius 1 is 1.67 bits per heavy atom. The normalized spacial score (nSPS) is 25.8. The van der Waals surface area contributed by atoms with Crippen LogP contribution in [0.15, 0.2) is 0 Å². The number of halogens is 3. The third-order valence-corrected chi connectivity index (χ3v) is 2.59. The first kappa shape index (κ1) is 7.98. The smallest absolute Gasteiger partial charge is 0.275 e. The second-order valence-electron chi connectivity index (χ2n) is 3.10. The van der Waals surface area contributed by atoms with Gasteiger partial charge in [-0.25, -0.2) is 0 Å². The molecule has 1 atom stereocenters. The number of fused-ring (bicyclic) bond motifs is 1. The second-order valence-corrected chi connectivity index (χ2v) is 3.45. The van der Waals surface area contributed by atoms with E-state index in [4.69, 9.17) is 11.6 Å². The van der Waals surface area contributed by atoms with Crippen LogP contribution in [0.3, 0.4) is 0 Å². The van der Waals surface area contributed by atoms with Gasteiger partial charge in [-0.1, -0.05) is 18.5 Å². The molecule has 1 aromatic heterocycles. The van der Waals surface area contributed by atoms with Crippen LogP contribution in [-0.2, 0) is 12.3 Å². The van der Waals surface area contributed by atoms with Gasteiger partial charge in [-0.15, -0.1) is 0 Å². The molecule has 1 aliphatic rings. The highest BCUT2D eigenvalue weighted by Gasteiger charge is 2.48. The minimum atomic E-state index is -2.80. The third kappa shape index (κ3) is 0.813. The molecule has 0 fully saturated rings. The lowest BCUT2D eigenvalue weighted by Crippen LogP contribution is -2.18. The van der Waals surface area contributed by atoms with Gasteiger partial charge in [0.15, 0.2) is 5.15 Å². The third-order valence-electron chi connectivity index (χ3n) is 2.28. The lowest BCUT2D eigenvalue weighted by Gasteiger charge is -2.13. The lowest BCUT2D eigenvalue weighted by molar-refractivity contribution is -0.0492. The van der Waals surface area contributed by atoms with E-state index in [0.717, 1.165) is 0 Å². The van der Waals surface area contributed by atoms with Crippen molar-refractivity contribution in [3.63, 3.8) is 0 Å². The maximum Gasteiger partial charge on any atom is 0.292 e. The fourth-order valence-corrected chi connectivity index (χ4v) is 1.70. The van der Waals surface area contributed by atoms with E-state index < -0.39 is 11.8 Å². The van der Waals surface area contributed by atoms with Crippen molar-refractivity contribution in [3.8, 4) is 0 Å². The second kappa shape index (κ2) is 2.19. The van der Waals surface area contributed by atoms with E-state index in [-0.39, 0.29) is 10.8 Å². The molecule has 1 aromatic rings. The number of aromatic nitrogens is 2. The average Bonchev–Trinajstić information content (AvgIpc) is 2.41. The van der Waals surface area contributed by atoms with E-state index in [9.17, 15) is 8.78 Å². The molecule has 66 valence electrons. The molecule has 0 amide bonds. The zero-order valence-corrected chi connectivity index (χ0v) is 7.12. The van der Waals surface area contributed by atoms with Crippen molar-refractivity contribution < 1.29 is 8.78 Å². The van der Waals surface area contributed by atoms with E-state index >= 15 is 0 Å². The summed E-state index contributed by atoms with van der Waals surface area (Å²) in [5, 5.41) is 5.98. The summed E-state index contributed by atoms with van der Waals surface area (Å²) in [6.45, 7) is 1.50. The topological polar surface area (TPSA) is 28.7 Å². The predicted octanol–water partition coefficient (Wildman–Crippen LogP) is 2.35. The van der Waals surface area contributed by atoms with Gasteiger partial charge in [0, 0.05) is 11.5 Å². The molecule has 1 heterocycles. The summed E-state index contributed by atoms with van der Waals surface area (Å²) < 4.78 is 26.4. The Hall–Kier alpha value is -0.640. The van der Waals surface area contributed by atoms with Gasteiger partial charge < -0.3 is 0 Å². The highest BCUT2D eigenvalue weighted by molar-refractivity contribution is 6.30. The summed E-state index contributed by atoms with van der Waals surface area (Å²) >= 11 is 5.60. The average molecular weight is 193 g/mol. The van der Waals surface area contributed by atoms with Crippen LogP contribution in [0, 0.1) is 5.92 Å². The Bertz CT molecular complexity index is 321. The Morgan fingerprint density at radius 2 is 2.33 bits per heavy atom. The number of nitrogens with zero attached hydrogens (tertiary/aromatic N) is 1. The number of hydrogen-bond donors (Lipinski definition) is 1. The van der Waals surface area contributed by atoms with Gasteiger partial charge in [0.05, 0.1) is 0 Å². The van der Waals surface area contributed by atoms with E-state index in [1.54, 1.807) is 0 Å². The Kier molecular flexibility index (Phi) is 1.46. The van der Waals surface area contributed by atoms with Gasteiger partial charge in [0.1, 0.15) is 5.69 Å². The first-order valence-corrected chi connectivity index (χ1v) is 4.02. The quantitative estimate of drug-likeness (QED) is 0.672. The van der Waals surface area contributed by atoms with Crippen LogP contribution in [0.4, 0.5) is 8.78 Å². The molecule has 0 radical (unpaired) electrons. The molecule has 0 spiro atoms. The molecule has 0 aromatic carbocycles. The zero-order chi connectivity index (χ0) is 8.93. The lowest BCUT2D eigenvalue weighted by atomic mass is 10.1. The molecule has 5 heteroatoms. The van der Waals surface area contributed by atoms with Crippen molar-refractivity contribution in [2.75, 3.05) is 0 Å². The highest BCUT2D eigenvalue weighted by Crippen LogP contribution is 2.46. The van der Waals surface area contributed by atoms with Gasteiger partial charge in [0.2, 0.25) is 0 Å². The van der Waals surface area contributed by atoms with Crippen molar-refractivity contribution in [2.45, 2.75) is 19.3 Å². The van der Waals surface area contributed by atoms with Crippen molar-refractivity contribution >= 4 is 11.6 Å². The van der Waals surface area contributed by atoms with E-state index in [1.807, 2.05) is 0 Å². The molecule has 1 aliphatic carbocycles. The van der Waals surface area contributed by atoms with Crippen LogP contribution >= 0.6 is 11.6 Å². The molecular weight excluding hydrogens is 186 g/mol. The van der Waals surface area contributed by atoms with Crippen molar-refractivity contribution in [2.24, 2.45) is 5.92 Å². The number of aromatic amines is 1. The van der Waals surface area contributed by atoms with Crippen molar-refractivity contribution in [1.82, 2.24) is 10.2 Å². The molecule has 2 nitrogen and oxygen atoms in total. The number of H-pyrrole nitrogens is 1. The predicted molar refractivity (Wildman–Crippen MR) is 40.4 cm³/mol. The van der Waals surface area contributed by atoms with Crippen LogP contribution in [0.1, 0.15) is 18.2 Å². The van der Waals surface area contributed by atoms with E-state index in [0.29, 0.717) is 12.0 Å². The number of nitrogens with one attached hydrogen (secondary N) is 1. The Balaban J connectivity index is 2.56. The molecule has 0 saturated heterocycles. The first-order valence-electron chi connectivity index (χ1n) is 3.64. The summed E-state index contributed by atoms with van der Waals surface area (Å²) in [4.78, 5) is 0. The van der Waals surface area contributed by atoms with Crippen molar-refractivity contribution in [1.29, 1.82) is 0 Å². The number of alkyl halides is 2. The molecule has 12 heavy (non-hydrogen) atoms. The minimum absolute atomic E-state index is 0.111. The molecule has 0 bridgehead atoms. The summed E-state index contributed by atoms with van der Waals surface area (Å²) in [7, 11) is 0. The SMILES string of the molecule is C[C@@H]1Cc2c(Cl)n[nH]c2C1(F)F. The van der Waals surface area contributed by atoms with Crippen LogP contribution in [0.2, 0.25) is 5.15 Å². The van der Waals surface area contributed by atoms with Crippen LogP contribution < -0.4 is 0 Å². The van der Waals surface area contributed by atoms with E-state index in [1.165, 1.54) is 6.92 Å². The molecule has 0 saturated carbocycles. The first-order chi connectivity index (χ1) is 5.53. The van der Waals surface area contributed by atoms with Crippen LogP contribution in [0.25, 0.3) is 0 Å². The van der Waals surface area contributed by atoms with Gasteiger partial charge in [-0.3, -0.25) is 5.10 Å². The summed E-state index contributed by atoms with van der Waals surface area (Å²) in [5.41, 5.74) is 0.356. The highest BCUT2D eigenvalue weighted by atomic mass is 35.5. The molecule has 0 unspecified atom stereocenters. The van der Waals surface area contributed by atoms with Gasteiger partial charge in [0.25, 0.3) is 5.92 Å². The number of rotatable bonds is 0. The zero-order valence-electron chi connectivity index (χ0n) is 6.37. The molecule has 1 N–H and O–H groups in total. The van der Waals surface area contributed by atoms with Crippen LogP contribution in [-0.4, -0.2) is 10.2 Å². The van der Waals surface area contributed by atoms with Gasteiger partial charge in [-0.2, -0.15) is 13.9 Å². The number of hydrogen-bond acceptors (Lipinski definition) is 1. The Labute approximate surface area is 72.9 Å². The minimum Gasteiger partial charge on any atom is -0.275 e.